The van der Waals surface area contributed by atoms with Gasteiger partial charge in [-0.3, -0.25) is 5.32 Å². The van der Waals surface area contributed by atoms with Crippen molar-refractivity contribution >= 4 is 17.6 Å². The monoisotopic (exact) mass is 306 g/mol. The van der Waals surface area contributed by atoms with Crippen molar-refractivity contribution in [2.45, 2.75) is 51.7 Å². The van der Waals surface area contributed by atoms with Gasteiger partial charge in [-0.15, -0.1) is 0 Å². The van der Waals surface area contributed by atoms with Crippen molar-refractivity contribution < 1.29 is 9.53 Å². The number of carbonyl (C=O) groups is 1. The van der Waals surface area contributed by atoms with Gasteiger partial charge in [0.1, 0.15) is 11.4 Å². The molecule has 1 atom stereocenters. The van der Waals surface area contributed by atoms with E-state index in [1.807, 2.05) is 26.8 Å². The zero-order valence-corrected chi connectivity index (χ0v) is 13.6. The quantitative estimate of drug-likeness (QED) is 0.800. The van der Waals surface area contributed by atoms with Gasteiger partial charge in [-0.25, -0.2) is 9.78 Å². The second-order valence-corrected chi connectivity index (χ2v) is 6.58. The number of hydrogen-bond acceptors (Lipinski definition) is 5. The molecule has 2 heterocycles. The molecular formula is C16H26N4O2. The highest BCUT2D eigenvalue weighted by atomic mass is 16.6. The molecule has 22 heavy (non-hydrogen) atoms. The Labute approximate surface area is 132 Å². The SMILES string of the molecule is CC(C)(C)OC(=O)Nc1ccc(N[C@H]2CCCNCC2)cn1. The van der Waals surface area contributed by atoms with Crippen molar-refractivity contribution in [2.24, 2.45) is 0 Å². The van der Waals surface area contributed by atoms with Crippen molar-refractivity contribution in [1.82, 2.24) is 10.3 Å². The Bertz CT molecular complexity index is 474. The molecule has 0 aliphatic carbocycles. The van der Waals surface area contributed by atoms with E-state index in [2.05, 4.69) is 20.9 Å². The maximum Gasteiger partial charge on any atom is 0.413 e. The van der Waals surface area contributed by atoms with E-state index in [0.29, 0.717) is 11.9 Å². The minimum atomic E-state index is -0.515. The van der Waals surface area contributed by atoms with Crippen LogP contribution in [-0.2, 0) is 4.74 Å². The summed E-state index contributed by atoms with van der Waals surface area (Å²) in [7, 11) is 0. The fourth-order valence-electron chi connectivity index (χ4n) is 2.36. The maximum atomic E-state index is 11.7. The lowest BCUT2D eigenvalue weighted by Crippen LogP contribution is -2.27. The first-order chi connectivity index (χ1) is 10.4. The van der Waals surface area contributed by atoms with Crippen molar-refractivity contribution in [3.8, 4) is 0 Å². The fourth-order valence-corrected chi connectivity index (χ4v) is 2.36. The first kappa shape index (κ1) is 16.5. The standard InChI is InChI=1S/C16H26N4O2/c1-16(2,3)22-15(21)20-14-7-6-13(11-18-14)19-12-5-4-9-17-10-8-12/h6-7,11-12,17,19H,4-5,8-10H2,1-3H3,(H,18,20,21)/t12-/m0/s1. The molecule has 122 valence electrons. The van der Waals surface area contributed by atoms with Gasteiger partial charge in [0.05, 0.1) is 11.9 Å². The zero-order valence-electron chi connectivity index (χ0n) is 13.6. The van der Waals surface area contributed by atoms with E-state index in [-0.39, 0.29) is 0 Å². The van der Waals surface area contributed by atoms with Gasteiger partial charge in [0.25, 0.3) is 0 Å². The molecule has 1 aromatic rings. The lowest BCUT2D eigenvalue weighted by Gasteiger charge is -2.20. The van der Waals surface area contributed by atoms with Crippen molar-refractivity contribution in [3.63, 3.8) is 0 Å². The molecule has 1 amide bonds. The summed E-state index contributed by atoms with van der Waals surface area (Å²) in [6.45, 7) is 7.62. The van der Waals surface area contributed by atoms with Gasteiger partial charge in [0.15, 0.2) is 0 Å². The Hall–Kier alpha value is -1.82. The van der Waals surface area contributed by atoms with E-state index in [4.69, 9.17) is 4.74 Å². The Morgan fingerprint density at radius 1 is 1.32 bits per heavy atom. The largest absolute Gasteiger partial charge is 0.444 e. The Morgan fingerprint density at radius 3 is 2.82 bits per heavy atom. The number of rotatable bonds is 3. The number of carbonyl (C=O) groups excluding carboxylic acids is 1. The number of anilines is 2. The van der Waals surface area contributed by atoms with Gasteiger partial charge >= 0.3 is 6.09 Å². The van der Waals surface area contributed by atoms with Crippen LogP contribution >= 0.6 is 0 Å². The second kappa shape index (κ2) is 7.45. The van der Waals surface area contributed by atoms with Gasteiger partial charge in [-0.2, -0.15) is 0 Å². The first-order valence-electron chi connectivity index (χ1n) is 7.86. The van der Waals surface area contributed by atoms with Gasteiger partial charge in [0, 0.05) is 6.04 Å². The average molecular weight is 306 g/mol. The predicted molar refractivity (Wildman–Crippen MR) is 88.2 cm³/mol. The highest BCUT2D eigenvalue weighted by molar-refractivity contribution is 5.83. The molecule has 0 aromatic carbocycles. The molecule has 0 bridgehead atoms. The van der Waals surface area contributed by atoms with Gasteiger partial charge in [-0.05, 0) is 65.3 Å². The Morgan fingerprint density at radius 2 is 2.14 bits per heavy atom. The molecule has 3 N–H and O–H groups in total. The van der Waals surface area contributed by atoms with E-state index in [0.717, 1.165) is 31.6 Å². The highest BCUT2D eigenvalue weighted by Crippen LogP contribution is 2.16. The molecule has 6 nitrogen and oxygen atoms in total. The molecule has 0 unspecified atom stereocenters. The van der Waals surface area contributed by atoms with Crippen LogP contribution in [0.25, 0.3) is 0 Å². The van der Waals surface area contributed by atoms with Crippen LogP contribution in [0.2, 0.25) is 0 Å². The molecule has 6 heteroatoms. The number of hydrogen-bond donors (Lipinski definition) is 3. The van der Waals surface area contributed by atoms with Gasteiger partial charge in [-0.1, -0.05) is 0 Å². The normalized spacial score (nSPS) is 19.1. The molecule has 2 rings (SSSR count). The maximum absolute atomic E-state index is 11.7. The van der Waals surface area contributed by atoms with Crippen LogP contribution in [0.1, 0.15) is 40.0 Å². The van der Waals surface area contributed by atoms with Crippen LogP contribution in [0.3, 0.4) is 0 Å². The molecule has 1 fully saturated rings. The van der Waals surface area contributed by atoms with E-state index in [1.54, 1.807) is 12.3 Å². The minimum Gasteiger partial charge on any atom is -0.444 e. The lowest BCUT2D eigenvalue weighted by molar-refractivity contribution is 0.0635. The fraction of sp³-hybridized carbons (Fsp3) is 0.625. The third kappa shape index (κ3) is 5.89. The third-order valence-electron chi connectivity index (χ3n) is 3.34. The second-order valence-electron chi connectivity index (χ2n) is 6.58. The Kier molecular flexibility index (Phi) is 5.60. The lowest BCUT2D eigenvalue weighted by atomic mass is 10.1. The van der Waals surface area contributed by atoms with Crippen LogP contribution in [-0.4, -0.2) is 35.8 Å². The van der Waals surface area contributed by atoms with E-state index in [1.165, 1.54) is 6.42 Å². The first-order valence-corrected chi connectivity index (χ1v) is 7.86. The van der Waals surface area contributed by atoms with Crippen LogP contribution in [0.4, 0.5) is 16.3 Å². The summed E-state index contributed by atoms with van der Waals surface area (Å²) in [6.07, 6.45) is 4.70. The van der Waals surface area contributed by atoms with E-state index >= 15 is 0 Å². The van der Waals surface area contributed by atoms with Gasteiger partial charge < -0.3 is 15.4 Å². The summed E-state index contributed by atoms with van der Waals surface area (Å²) in [5.74, 6) is 0.488. The summed E-state index contributed by atoms with van der Waals surface area (Å²) in [5, 5.41) is 9.52. The topological polar surface area (TPSA) is 75.3 Å². The number of aromatic nitrogens is 1. The number of nitrogens with one attached hydrogen (secondary N) is 3. The van der Waals surface area contributed by atoms with Crippen LogP contribution < -0.4 is 16.0 Å². The van der Waals surface area contributed by atoms with Crippen LogP contribution in [0.5, 0.6) is 0 Å². The smallest absolute Gasteiger partial charge is 0.413 e. The van der Waals surface area contributed by atoms with Gasteiger partial charge in [0.2, 0.25) is 0 Å². The van der Waals surface area contributed by atoms with Crippen molar-refractivity contribution in [1.29, 1.82) is 0 Å². The molecule has 0 spiro atoms. The summed E-state index contributed by atoms with van der Waals surface area (Å²) in [5.41, 5.74) is 0.459. The van der Waals surface area contributed by atoms with Crippen LogP contribution in [0, 0.1) is 0 Å². The average Bonchev–Trinajstić information content (AvgIpc) is 2.67. The zero-order chi connectivity index (χ0) is 16.0. The molecule has 1 aliphatic rings. The number of pyridine rings is 1. The molecule has 1 aliphatic heterocycles. The summed E-state index contributed by atoms with van der Waals surface area (Å²) in [4.78, 5) is 15.9. The molecule has 0 saturated carbocycles. The van der Waals surface area contributed by atoms with Crippen molar-refractivity contribution in [2.75, 3.05) is 23.7 Å². The molecule has 0 radical (unpaired) electrons. The minimum absolute atomic E-state index is 0.474. The van der Waals surface area contributed by atoms with E-state index < -0.39 is 11.7 Å². The number of amides is 1. The third-order valence-corrected chi connectivity index (χ3v) is 3.34. The van der Waals surface area contributed by atoms with E-state index in [9.17, 15) is 4.79 Å². The predicted octanol–water partition coefficient (Wildman–Crippen LogP) is 2.98. The molecule has 1 aromatic heterocycles. The molecule has 1 saturated heterocycles. The summed E-state index contributed by atoms with van der Waals surface area (Å²) in [6, 6.07) is 4.18. The summed E-state index contributed by atoms with van der Waals surface area (Å²) < 4.78 is 5.19. The highest BCUT2D eigenvalue weighted by Gasteiger charge is 2.16. The van der Waals surface area contributed by atoms with Crippen LogP contribution in [0.15, 0.2) is 18.3 Å². The Balaban J connectivity index is 1.85. The summed E-state index contributed by atoms with van der Waals surface area (Å²) >= 11 is 0. The molecular weight excluding hydrogens is 280 g/mol. The van der Waals surface area contributed by atoms with Crippen molar-refractivity contribution in [3.05, 3.63) is 18.3 Å². The number of ether oxygens (including phenoxy) is 1. The number of nitrogens with zero attached hydrogens (tertiary/aromatic N) is 1.